The molecule has 0 radical (unpaired) electrons. The first kappa shape index (κ1) is 10.8. The summed E-state index contributed by atoms with van der Waals surface area (Å²) in [5.74, 6) is 1.12. The summed E-state index contributed by atoms with van der Waals surface area (Å²) >= 11 is 0. The van der Waals surface area contributed by atoms with E-state index in [2.05, 4.69) is 40.0 Å². The molecule has 2 heterocycles. The number of aryl methyl sites for hydroxylation is 1. The third-order valence-corrected chi connectivity index (χ3v) is 3.55. The molecule has 0 spiro atoms. The van der Waals surface area contributed by atoms with Gasteiger partial charge in [-0.15, -0.1) is 0 Å². The molecular weight excluding hydrogens is 210 g/mol. The highest BCUT2D eigenvalue weighted by molar-refractivity contribution is 5.75. The Balaban J connectivity index is 1.72. The number of aromatic amines is 1. The zero-order chi connectivity index (χ0) is 11.7. The van der Waals surface area contributed by atoms with Crippen molar-refractivity contribution in [2.75, 3.05) is 19.6 Å². The fourth-order valence-electron chi connectivity index (χ4n) is 2.56. The Kier molecular flexibility index (Phi) is 2.85. The Morgan fingerprint density at radius 3 is 2.94 bits per heavy atom. The van der Waals surface area contributed by atoms with Crippen molar-refractivity contribution in [3.05, 3.63) is 29.6 Å². The second-order valence-corrected chi connectivity index (χ2v) is 5.00. The predicted octanol–water partition coefficient (Wildman–Crippen LogP) is 2.51. The van der Waals surface area contributed by atoms with Gasteiger partial charge in [-0.05, 0) is 50.6 Å². The lowest BCUT2D eigenvalue weighted by molar-refractivity contribution is 0.341. The number of imidazole rings is 1. The van der Waals surface area contributed by atoms with Crippen molar-refractivity contribution < 1.29 is 0 Å². The molecule has 0 bridgehead atoms. The van der Waals surface area contributed by atoms with E-state index < -0.39 is 0 Å². The fraction of sp³-hybridized carbons (Fsp3) is 0.500. The van der Waals surface area contributed by atoms with Crippen LogP contribution in [0.4, 0.5) is 0 Å². The van der Waals surface area contributed by atoms with Crippen molar-refractivity contribution in [1.82, 2.24) is 14.9 Å². The molecule has 1 saturated heterocycles. The molecule has 1 N–H and O–H groups in total. The van der Waals surface area contributed by atoms with Gasteiger partial charge in [-0.3, -0.25) is 0 Å². The lowest BCUT2D eigenvalue weighted by Gasteiger charge is -2.12. The molecule has 3 rings (SSSR count). The van der Waals surface area contributed by atoms with Crippen molar-refractivity contribution in [2.45, 2.75) is 26.2 Å². The summed E-state index contributed by atoms with van der Waals surface area (Å²) in [7, 11) is 0. The first-order valence-corrected chi connectivity index (χ1v) is 6.49. The summed E-state index contributed by atoms with van der Waals surface area (Å²) in [6.07, 6.45) is 3.76. The number of hydrogen-bond donors (Lipinski definition) is 1. The number of aromatic nitrogens is 2. The second kappa shape index (κ2) is 4.49. The van der Waals surface area contributed by atoms with Crippen LogP contribution in [0.5, 0.6) is 0 Å². The van der Waals surface area contributed by atoms with Crippen LogP contribution in [0.15, 0.2) is 18.2 Å². The van der Waals surface area contributed by atoms with E-state index in [-0.39, 0.29) is 0 Å². The molecule has 1 aliphatic heterocycles. The highest BCUT2D eigenvalue weighted by atomic mass is 15.1. The molecule has 90 valence electrons. The molecule has 1 aliphatic rings. The molecule has 0 unspecified atom stereocenters. The van der Waals surface area contributed by atoms with Crippen molar-refractivity contribution in [2.24, 2.45) is 0 Å². The maximum absolute atomic E-state index is 4.63. The van der Waals surface area contributed by atoms with Crippen LogP contribution in [-0.2, 0) is 6.42 Å². The van der Waals surface area contributed by atoms with E-state index in [4.69, 9.17) is 0 Å². The predicted molar refractivity (Wildman–Crippen MR) is 70.2 cm³/mol. The quantitative estimate of drug-likeness (QED) is 0.877. The van der Waals surface area contributed by atoms with E-state index in [1.807, 2.05) is 0 Å². The van der Waals surface area contributed by atoms with E-state index in [0.29, 0.717) is 0 Å². The van der Waals surface area contributed by atoms with Crippen LogP contribution in [0, 0.1) is 6.92 Å². The molecule has 3 heteroatoms. The number of hydrogen-bond acceptors (Lipinski definition) is 2. The van der Waals surface area contributed by atoms with Crippen molar-refractivity contribution in [3.63, 3.8) is 0 Å². The van der Waals surface area contributed by atoms with Crippen LogP contribution in [0.25, 0.3) is 11.0 Å². The summed E-state index contributed by atoms with van der Waals surface area (Å²) in [4.78, 5) is 10.6. The molecular formula is C14H19N3. The third-order valence-electron chi connectivity index (χ3n) is 3.55. The molecule has 0 saturated carbocycles. The summed E-state index contributed by atoms with van der Waals surface area (Å²) in [5, 5.41) is 0. The van der Waals surface area contributed by atoms with Crippen LogP contribution >= 0.6 is 0 Å². The van der Waals surface area contributed by atoms with Gasteiger partial charge < -0.3 is 9.88 Å². The lowest BCUT2D eigenvalue weighted by atomic mass is 10.2. The molecule has 0 atom stereocenters. The van der Waals surface area contributed by atoms with Gasteiger partial charge in [0.2, 0.25) is 0 Å². The zero-order valence-corrected chi connectivity index (χ0v) is 10.4. The van der Waals surface area contributed by atoms with Gasteiger partial charge in [-0.1, -0.05) is 6.07 Å². The molecule has 17 heavy (non-hydrogen) atoms. The number of rotatable bonds is 3. The minimum absolute atomic E-state index is 1.04. The zero-order valence-electron chi connectivity index (χ0n) is 10.4. The molecule has 1 aromatic heterocycles. The first-order chi connectivity index (χ1) is 8.31. The third kappa shape index (κ3) is 2.34. The average molecular weight is 229 g/mol. The summed E-state index contributed by atoms with van der Waals surface area (Å²) in [5.41, 5.74) is 3.54. The second-order valence-electron chi connectivity index (χ2n) is 5.00. The Morgan fingerprint density at radius 2 is 2.12 bits per heavy atom. The van der Waals surface area contributed by atoms with Crippen LogP contribution < -0.4 is 0 Å². The van der Waals surface area contributed by atoms with Gasteiger partial charge in [0.1, 0.15) is 5.82 Å². The molecule has 3 nitrogen and oxygen atoms in total. The van der Waals surface area contributed by atoms with Crippen molar-refractivity contribution >= 4 is 11.0 Å². The number of nitrogens with zero attached hydrogens (tertiary/aromatic N) is 2. The Labute approximate surface area is 102 Å². The normalized spacial score (nSPS) is 17.0. The maximum Gasteiger partial charge on any atom is 0.108 e. The number of fused-ring (bicyclic) bond motifs is 1. The van der Waals surface area contributed by atoms with Gasteiger partial charge in [0.15, 0.2) is 0 Å². The number of likely N-dealkylation sites (tertiary alicyclic amines) is 1. The Hall–Kier alpha value is -1.35. The molecule has 1 fully saturated rings. The van der Waals surface area contributed by atoms with E-state index >= 15 is 0 Å². The van der Waals surface area contributed by atoms with Gasteiger partial charge in [0, 0.05) is 13.0 Å². The van der Waals surface area contributed by atoms with Crippen LogP contribution in [0.2, 0.25) is 0 Å². The van der Waals surface area contributed by atoms with Gasteiger partial charge >= 0.3 is 0 Å². The molecule has 1 aromatic carbocycles. The van der Waals surface area contributed by atoms with Gasteiger partial charge in [-0.2, -0.15) is 0 Å². The van der Waals surface area contributed by atoms with E-state index in [1.165, 1.54) is 37.0 Å². The maximum atomic E-state index is 4.63. The smallest absolute Gasteiger partial charge is 0.108 e. The fourth-order valence-corrected chi connectivity index (χ4v) is 2.56. The Morgan fingerprint density at radius 1 is 1.29 bits per heavy atom. The van der Waals surface area contributed by atoms with Crippen LogP contribution in [-0.4, -0.2) is 34.5 Å². The van der Waals surface area contributed by atoms with Crippen LogP contribution in [0.1, 0.15) is 24.2 Å². The largest absolute Gasteiger partial charge is 0.342 e. The monoisotopic (exact) mass is 229 g/mol. The minimum atomic E-state index is 1.04. The van der Waals surface area contributed by atoms with E-state index in [0.717, 1.165) is 24.3 Å². The van der Waals surface area contributed by atoms with Gasteiger partial charge in [0.05, 0.1) is 11.0 Å². The SMILES string of the molecule is Cc1ccc2nc(CCN3CCCC3)[nH]c2c1. The highest BCUT2D eigenvalue weighted by Gasteiger charge is 2.12. The summed E-state index contributed by atoms with van der Waals surface area (Å²) in [6.45, 7) is 5.78. The van der Waals surface area contributed by atoms with Crippen LogP contribution in [0.3, 0.4) is 0 Å². The average Bonchev–Trinajstić information content (AvgIpc) is 2.94. The molecule has 2 aromatic rings. The van der Waals surface area contributed by atoms with E-state index in [9.17, 15) is 0 Å². The standard InChI is InChI=1S/C14H19N3/c1-11-4-5-12-13(10-11)16-14(15-12)6-9-17-7-2-3-8-17/h4-5,10H,2-3,6-9H2,1H3,(H,15,16). The molecule has 0 aliphatic carbocycles. The van der Waals surface area contributed by atoms with Gasteiger partial charge in [-0.25, -0.2) is 4.98 Å². The highest BCUT2D eigenvalue weighted by Crippen LogP contribution is 2.14. The first-order valence-electron chi connectivity index (χ1n) is 6.49. The summed E-state index contributed by atoms with van der Waals surface area (Å²) < 4.78 is 0. The van der Waals surface area contributed by atoms with E-state index in [1.54, 1.807) is 0 Å². The van der Waals surface area contributed by atoms with Crippen molar-refractivity contribution in [1.29, 1.82) is 0 Å². The number of H-pyrrole nitrogens is 1. The summed E-state index contributed by atoms with van der Waals surface area (Å²) in [6, 6.07) is 6.38. The topological polar surface area (TPSA) is 31.9 Å². The lowest BCUT2D eigenvalue weighted by Crippen LogP contribution is -2.22. The van der Waals surface area contributed by atoms with Crippen molar-refractivity contribution in [3.8, 4) is 0 Å². The van der Waals surface area contributed by atoms with Gasteiger partial charge in [0.25, 0.3) is 0 Å². The minimum Gasteiger partial charge on any atom is -0.342 e. The number of benzene rings is 1. The Bertz CT molecular complexity index is 509. The molecule has 0 amide bonds. The number of nitrogens with one attached hydrogen (secondary N) is 1.